The van der Waals surface area contributed by atoms with Crippen LogP contribution < -0.4 is 10.1 Å². The van der Waals surface area contributed by atoms with Gasteiger partial charge in [0, 0.05) is 5.02 Å². The summed E-state index contributed by atoms with van der Waals surface area (Å²) in [6.45, 7) is 1.80. The monoisotopic (exact) mass is 381 g/mol. The summed E-state index contributed by atoms with van der Waals surface area (Å²) in [5.41, 5.74) is 0.301. The largest absolute Gasteiger partial charge is 0.490 e. The van der Waals surface area contributed by atoms with E-state index in [4.69, 9.17) is 32.7 Å². The summed E-state index contributed by atoms with van der Waals surface area (Å²) < 4.78 is 10.5. The first-order valence-corrected chi connectivity index (χ1v) is 8.33. The van der Waals surface area contributed by atoms with Gasteiger partial charge in [0.2, 0.25) is 0 Å². The fourth-order valence-electron chi connectivity index (χ4n) is 1.94. The van der Waals surface area contributed by atoms with E-state index in [1.165, 1.54) is 6.92 Å². The zero-order chi connectivity index (χ0) is 18.2. The average Bonchev–Trinajstić information content (AvgIpc) is 2.60. The van der Waals surface area contributed by atoms with E-state index in [2.05, 4.69) is 5.32 Å². The van der Waals surface area contributed by atoms with Crippen molar-refractivity contribution in [3.63, 3.8) is 0 Å². The minimum absolute atomic E-state index is 0.0633. The Balaban J connectivity index is 1.74. The Labute approximate surface area is 155 Å². The van der Waals surface area contributed by atoms with Gasteiger partial charge >= 0.3 is 5.97 Å². The van der Waals surface area contributed by atoms with E-state index in [0.29, 0.717) is 21.4 Å². The highest BCUT2D eigenvalue weighted by Gasteiger charge is 2.19. The van der Waals surface area contributed by atoms with Gasteiger partial charge in [0.05, 0.1) is 10.6 Å². The molecule has 2 aromatic carbocycles. The highest BCUT2D eigenvalue weighted by molar-refractivity contribution is 6.33. The maximum atomic E-state index is 12.1. The molecule has 132 valence electrons. The summed E-state index contributed by atoms with van der Waals surface area (Å²) in [5.74, 6) is -0.368. The summed E-state index contributed by atoms with van der Waals surface area (Å²) in [6.07, 6.45) is 0. The van der Waals surface area contributed by atoms with Crippen LogP contribution in [-0.2, 0) is 9.53 Å². The molecule has 0 aliphatic carbocycles. The molecule has 0 fully saturated rings. The van der Waals surface area contributed by atoms with E-state index in [-0.39, 0.29) is 13.2 Å². The van der Waals surface area contributed by atoms with Crippen molar-refractivity contribution in [2.24, 2.45) is 0 Å². The Morgan fingerprint density at radius 1 is 1.04 bits per heavy atom. The number of carbonyl (C=O) groups excluding carboxylic acids is 2. The molecule has 25 heavy (non-hydrogen) atoms. The molecule has 1 atom stereocenters. The standard InChI is InChI=1S/C18H17Cl2NO4/c1-12(21-17(22)15-4-2-3-5-16(15)20)18(23)25-11-10-24-14-8-6-13(19)7-9-14/h2-9,12H,10-11H2,1H3,(H,21,22)/t12-/m1/s1. The van der Waals surface area contributed by atoms with Crippen molar-refractivity contribution in [3.05, 3.63) is 64.1 Å². The summed E-state index contributed by atoms with van der Waals surface area (Å²) in [6, 6.07) is 12.6. The minimum Gasteiger partial charge on any atom is -0.490 e. The Hall–Kier alpha value is -2.24. The first-order chi connectivity index (χ1) is 12.0. The quantitative estimate of drug-likeness (QED) is 0.586. The lowest BCUT2D eigenvalue weighted by Gasteiger charge is -2.14. The summed E-state index contributed by atoms with van der Waals surface area (Å²) in [5, 5.41) is 3.48. The van der Waals surface area contributed by atoms with E-state index in [9.17, 15) is 9.59 Å². The number of nitrogens with one attached hydrogen (secondary N) is 1. The number of hydrogen-bond acceptors (Lipinski definition) is 4. The van der Waals surface area contributed by atoms with Crippen LogP contribution in [0.1, 0.15) is 17.3 Å². The molecule has 1 N–H and O–H groups in total. The van der Waals surface area contributed by atoms with E-state index in [0.717, 1.165) is 0 Å². The summed E-state index contributed by atoms with van der Waals surface area (Å²) in [7, 11) is 0. The van der Waals surface area contributed by atoms with Crippen LogP contribution in [0.2, 0.25) is 10.0 Å². The third-order valence-corrected chi connectivity index (χ3v) is 3.81. The molecule has 0 saturated carbocycles. The fraction of sp³-hybridized carbons (Fsp3) is 0.222. The van der Waals surface area contributed by atoms with E-state index < -0.39 is 17.9 Å². The molecule has 1 amide bonds. The topological polar surface area (TPSA) is 64.6 Å². The van der Waals surface area contributed by atoms with Gasteiger partial charge in [-0.05, 0) is 43.3 Å². The second-order valence-electron chi connectivity index (χ2n) is 5.14. The zero-order valence-corrected chi connectivity index (χ0v) is 15.0. The molecule has 0 saturated heterocycles. The van der Waals surface area contributed by atoms with Gasteiger partial charge in [-0.25, -0.2) is 4.79 Å². The summed E-state index contributed by atoms with van der Waals surface area (Å²) in [4.78, 5) is 24.0. The van der Waals surface area contributed by atoms with Crippen LogP contribution in [0.4, 0.5) is 0 Å². The number of hydrogen-bond donors (Lipinski definition) is 1. The van der Waals surface area contributed by atoms with Crippen LogP contribution in [0.25, 0.3) is 0 Å². The molecule has 0 spiro atoms. The van der Waals surface area contributed by atoms with Crippen molar-refractivity contribution in [1.82, 2.24) is 5.32 Å². The Kier molecular flexibility index (Phi) is 7.10. The highest BCUT2D eigenvalue weighted by Crippen LogP contribution is 2.16. The van der Waals surface area contributed by atoms with Crippen LogP contribution in [0, 0.1) is 0 Å². The van der Waals surface area contributed by atoms with E-state index in [1.54, 1.807) is 48.5 Å². The third kappa shape index (κ3) is 5.96. The normalized spacial score (nSPS) is 11.5. The molecule has 0 aromatic heterocycles. The lowest BCUT2D eigenvalue weighted by Crippen LogP contribution is -2.40. The zero-order valence-electron chi connectivity index (χ0n) is 13.5. The molecule has 5 nitrogen and oxygen atoms in total. The van der Waals surface area contributed by atoms with Crippen LogP contribution in [-0.4, -0.2) is 31.1 Å². The van der Waals surface area contributed by atoms with Crippen molar-refractivity contribution in [3.8, 4) is 5.75 Å². The van der Waals surface area contributed by atoms with Crippen LogP contribution in [0.3, 0.4) is 0 Å². The predicted octanol–water partition coefficient (Wildman–Crippen LogP) is 3.73. The summed E-state index contributed by atoms with van der Waals surface area (Å²) >= 11 is 11.7. The number of ether oxygens (including phenoxy) is 2. The van der Waals surface area contributed by atoms with Crippen LogP contribution in [0.15, 0.2) is 48.5 Å². The lowest BCUT2D eigenvalue weighted by molar-refractivity contribution is -0.146. The van der Waals surface area contributed by atoms with Crippen molar-refractivity contribution in [2.75, 3.05) is 13.2 Å². The predicted molar refractivity (Wildman–Crippen MR) is 96.3 cm³/mol. The van der Waals surface area contributed by atoms with Crippen LogP contribution >= 0.6 is 23.2 Å². The molecular weight excluding hydrogens is 365 g/mol. The fourth-order valence-corrected chi connectivity index (χ4v) is 2.28. The second-order valence-corrected chi connectivity index (χ2v) is 5.99. The van der Waals surface area contributed by atoms with E-state index >= 15 is 0 Å². The molecule has 0 heterocycles. The van der Waals surface area contributed by atoms with Crippen molar-refractivity contribution in [2.45, 2.75) is 13.0 Å². The molecule has 0 aliphatic rings. The second kappa shape index (κ2) is 9.30. The Bertz CT molecular complexity index is 734. The molecule has 2 aromatic rings. The van der Waals surface area contributed by atoms with Crippen LogP contribution in [0.5, 0.6) is 5.75 Å². The van der Waals surface area contributed by atoms with Crippen molar-refractivity contribution < 1.29 is 19.1 Å². The third-order valence-electron chi connectivity index (χ3n) is 3.23. The van der Waals surface area contributed by atoms with Gasteiger partial charge < -0.3 is 14.8 Å². The number of amides is 1. The molecule has 0 unspecified atom stereocenters. The number of benzene rings is 2. The molecule has 0 radical (unpaired) electrons. The van der Waals surface area contributed by atoms with Gasteiger partial charge in [-0.3, -0.25) is 4.79 Å². The highest BCUT2D eigenvalue weighted by atomic mass is 35.5. The minimum atomic E-state index is -0.806. The SMILES string of the molecule is C[C@@H](NC(=O)c1ccccc1Cl)C(=O)OCCOc1ccc(Cl)cc1. The molecule has 0 aliphatic heterocycles. The van der Waals surface area contributed by atoms with Crippen molar-refractivity contribution in [1.29, 1.82) is 0 Å². The Morgan fingerprint density at radius 3 is 2.40 bits per heavy atom. The van der Waals surface area contributed by atoms with E-state index in [1.807, 2.05) is 0 Å². The Morgan fingerprint density at radius 2 is 1.72 bits per heavy atom. The van der Waals surface area contributed by atoms with Gasteiger partial charge in [-0.1, -0.05) is 35.3 Å². The van der Waals surface area contributed by atoms with Crippen molar-refractivity contribution >= 4 is 35.1 Å². The first-order valence-electron chi connectivity index (χ1n) is 7.58. The average molecular weight is 382 g/mol. The molecule has 2 rings (SSSR count). The maximum absolute atomic E-state index is 12.1. The molecule has 0 bridgehead atoms. The van der Waals surface area contributed by atoms with Gasteiger partial charge in [0.15, 0.2) is 0 Å². The smallest absolute Gasteiger partial charge is 0.328 e. The number of esters is 1. The van der Waals surface area contributed by atoms with Gasteiger partial charge in [-0.2, -0.15) is 0 Å². The first kappa shape index (κ1) is 19.1. The molecule has 7 heteroatoms. The number of rotatable bonds is 7. The number of halogens is 2. The van der Waals surface area contributed by atoms with Gasteiger partial charge in [0.25, 0.3) is 5.91 Å². The lowest BCUT2D eigenvalue weighted by atomic mass is 10.2. The number of carbonyl (C=O) groups is 2. The van der Waals surface area contributed by atoms with Gasteiger partial charge in [-0.15, -0.1) is 0 Å². The van der Waals surface area contributed by atoms with Gasteiger partial charge in [0.1, 0.15) is 25.0 Å². The maximum Gasteiger partial charge on any atom is 0.328 e. The molecular formula is C18H17Cl2NO4.